The van der Waals surface area contributed by atoms with E-state index in [4.69, 9.17) is 0 Å². The Hall–Kier alpha value is -1.59. The number of azo groups is 1. The minimum atomic E-state index is -0.236. The molecule has 1 amide bonds. The summed E-state index contributed by atoms with van der Waals surface area (Å²) in [5.74, 6) is -0.410. The standard InChI is InChI=1S/C13H18N4O/c1-14-7-8-17(2)9-12-10-5-3-4-6-11(10)13(18)16-15-12/h3-6,11,14H,7-9H2,1-2H3. The molecule has 1 heterocycles. The molecule has 0 radical (unpaired) electrons. The molecule has 0 spiro atoms. The molecule has 18 heavy (non-hydrogen) atoms. The summed E-state index contributed by atoms with van der Waals surface area (Å²) in [6.07, 6.45) is 7.66. The number of fused-ring (bicyclic) bond motifs is 1. The number of allylic oxidation sites excluding steroid dienone is 3. The van der Waals surface area contributed by atoms with E-state index in [1.165, 1.54) is 0 Å². The van der Waals surface area contributed by atoms with Gasteiger partial charge in [-0.25, -0.2) is 0 Å². The van der Waals surface area contributed by atoms with E-state index < -0.39 is 0 Å². The average molecular weight is 246 g/mol. The first-order chi connectivity index (χ1) is 8.72. The van der Waals surface area contributed by atoms with Gasteiger partial charge in [0.15, 0.2) is 0 Å². The Morgan fingerprint density at radius 3 is 3.00 bits per heavy atom. The van der Waals surface area contributed by atoms with Crippen LogP contribution < -0.4 is 5.32 Å². The van der Waals surface area contributed by atoms with Crippen molar-refractivity contribution in [3.63, 3.8) is 0 Å². The largest absolute Gasteiger partial charge is 0.318 e. The summed E-state index contributed by atoms with van der Waals surface area (Å²) in [5, 5.41) is 10.9. The van der Waals surface area contributed by atoms with Gasteiger partial charge in [0.05, 0.1) is 11.6 Å². The molecule has 2 aliphatic rings. The number of carbonyl (C=O) groups excluding carboxylic acids is 1. The second kappa shape index (κ2) is 5.84. The molecular formula is C13H18N4O. The van der Waals surface area contributed by atoms with Crippen LogP contribution in [0.3, 0.4) is 0 Å². The van der Waals surface area contributed by atoms with Crippen LogP contribution in [0.1, 0.15) is 0 Å². The van der Waals surface area contributed by atoms with Crippen LogP contribution in [0.15, 0.2) is 45.8 Å². The van der Waals surface area contributed by atoms with Crippen molar-refractivity contribution in [2.45, 2.75) is 0 Å². The first kappa shape index (κ1) is 12.9. The molecule has 0 fully saturated rings. The van der Waals surface area contributed by atoms with Crippen LogP contribution in [0.4, 0.5) is 0 Å². The van der Waals surface area contributed by atoms with Crippen LogP contribution in [-0.4, -0.2) is 44.5 Å². The number of amides is 1. The van der Waals surface area contributed by atoms with Gasteiger partial charge < -0.3 is 5.32 Å². The molecule has 0 saturated heterocycles. The van der Waals surface area contributed by atoms with Crippen molar-refractivity contribution >= 4 is 5.91 Å². The third-order valence-corrected chi connectivity index (χ3v) is 3.06. The molecule has 2 rings (SSSR count). The minimum Gasteiger partial charge on any atom is -0.318 e. The van der Waals surface area contributed by atoms with E-state index >= 15 is 0 Å². The molecule has 5 heteroatoms. The van der Waals surface area contributed by atoms with Gasteiger partial charge in [-0.3, -0.25) is 9.69 Å². The molecule has 1 unspecified atom stereocenters. The molecule has 1 aliphatic heterocycles. The van der Waals surface area contributed by atoms with E-state index in [1.54, 1.807) is 0 Å². The zero-order chi connectivity index (χ0) is 13.0. The van der Waals surface area contributed by atoms with Gasteiger partial charge in [0.2, 0.25) is 0 Å². The molecule has 5 nitrogen and oxygen atoms in total. The fraction of sp³-hybridized carbons (Fsp3) is 0.462. The maximum Gasteiger partial charge on any atom is 0.275 e. The molecule has 96 valence electrons. The zero-order valence-electron chi connectivity index (χ0n) is 10.8. The van der Waals surface area contributed by atoms with Crippen LogP contribution >= 0.6 is 0 Å². The number of hydrogen-bond acceptors (Lipinski definition) is 4. The Balaban J connectivity index is 2.11. The summed E-state index contributed by atoms with van der Waals surface area (Å²) in [5.41, 5.74) is 1.87. The maximum absolute atomic E-state index is 11.6. The van der Waals surface area contributed by atoms with Crippen molar-refractivity contribution in [2.75, 3.05) is 33.7 Å². The Bertz CT molecular complexity index is 448. The normalized spacial score (nSPS) is 21.9. The third-order valence-electron chi connectivity index (χ3n) is 3.06. The van der Waals surface area contributed by atoms with E-state index in [-0.39, 0.29) is 11.8 Å². The minimum absolute atomic E-state index is 0.174. The lowest BCUT2D eigenvalue weighted by Gasteiger charge is -2.23. The molecule has 1 aliphatic carbocycles. The fourth-order valence-corrected chi connectivity index (χ4v) is 2.02. The molecule has 1 N–H and O–H groups in total. The van der Waals surface area contributed by atoms with Gasteiger partial charge in [-0.1, -0.05) is 24.3 Å². The number of nitrogens with zero attached hydrogens (tertiary/aromatic N) is 3. The van der Waals surface area contributed by atoms with Gasteiger partial charge in [-0.15, -0.1) is 5.11 Å². The second-order valence-electron chi connectivity index (χ2n) is 4.50. The fourth-order valence-electron chi connectivity index (χ4n) is 2.02. The van der Waals surface area contributed by atoms with Crippen LogP contribution in [0.5, 0.6) is 0 Å². The summed E-state index contributed by atoms with van der Waals surface area (Å²) in [4.78, 5) is 13.8. The zero-order valence-corrected chi connectivity index (χ0v) is 10.8. The predicted octanol–water partition coefficient (Wildman–Crippen LogP) is 1.13. The smallest absolute Gasteiger partial charge is 0.275 e. The first-order valence-electron chi connectivity index (χ1n) is 6.09. The highest BCUT2D eigenvalue weighted by Crippen LogP contribution is 2.28. The molecule has 0 aromatic rings. The quantitative estimate of drug-likeness (QED) is 0.791. The lowest BCUT2D eigenvalue weighted by atomic mass is 9.91. The van der Waals surface area contributed by atoms with Gasteiger partial charge in [0, 0.05) is 19.6 Å². The summed E-state index contributed by atoms with van der Waals surface area (Å²) in [7, 11) is 3.97. The number of rotatable bonds is 5. The highest BCUT2D eigenvalue weighted by molar-refractivity contribution is 5.86. The van der Waals surface area contributed by atoms with Crippen molar-refractivity contribution in [1.82, 2.24) is 10.2 Å². The van der Waals surface area contributed by atoms with Gasteiger partial charge >= 0.3 is 0 Å². The molecule has 0 aromatic heterocycles. The third kappa shape index (κ3) is 2.80. The topological polar surface area (TPSA) is 57.1 Å². The van der Waals surface area contributed by atoms with Crippen molar-refractivity contribution in [3.05, 3.63) is 35.6 Å². The van der Waals surface area contributed by atoms with Crippen molar-refractivity contribution in [3.8, 4) is 0 Å². The van der Waals surface area contributed by atoms with Gasteiger partial charge in [0.1, 0.15) is 0 Å². The predicted molar refractivity (Wildman–Crippen MR) is 70.1 cm³/mol. The number of nitrogens with one attached hydrogen (secondary N) is 1. The molecular weight excluding hydrogens is 228 g/mol. The van der Waals surface area contributed by atoms with Gasteiger partial charge in [-0.2, -0.15) is 5.11 Å². The van der Waals surface area contributed by atoms with Gasteiger partial charge in [0.25, 0.3) is 5.91 Å². The molecule has 0 saturated carbocycles. The molecule has 0 aromatic carbocycles. The SMILES string of the molecule is CNCCN(C)CC1=C2C=CC=CC2C(=O)N=N1. The van der Waals surface area contributed by atoms with Crippen molar-refractivity contribution in [1.29, 1.82) is 0 Å². The van der Waals surface area contributed by atoms with Crippen LogP contribution in [0.2, 0.25) is 0 Å². The van der Waals surface area contributed by atoms with E-state index in [0.29, 0.717) is 6.54 Å². The van der Waals surface area contributed by atoms with Crippen molar-refractivity contribution < 1.29 is 4.79 Å². The summed E-state index contributed by atoms with van der Waals surface area (Å²) in [6.45, 7) is 2.57. The number of carbonyl (C=O) groups is 1. The summed E-state index contributed by atoms with van der Waals surface area (Å²) in [6, 6.07) is 0. The Kier molecular flexibility index (Phi) is 4.17. The highest BCUT2D eigenvalue weighted by atomic mass is 16.2. The Morgan fingerprint density at radius 2 is 2.22 bits per heavy atom. The lowest BCUT2D eigenvalue weighted by Crippen LogP contribution is -2.30. The van der Waals surface area contributed by atoms with E-state index in [0.717, 1.165) is 24.4 Å². The maximum atomic E-state index is 11.6. The molecule has 1 atom stereocenters. The van der Waals surface area contributed by atoms with Gasteiger partial charge in [-0.05, 0) is 19.7 Å². The van der Waals surface area contributed by atoms with Crippen LogP contribution in [-0.2, 0) is 4.79 Å². The van der Waals surface area contributed by atoms with Crippen LogP contribution in [0.25, 0.3) is 0 Å². The van der Waals surface area contributed by atoms with Crippen molar-refractivity contribution in [2.24, 2.45) is 16.1 Å². The second-order valence-corrected chi connectivity index (χ2v) is 4.50. The van der Waals surface area contributed by atoms with E-state index in [9.17, 15) is 4.79 Å². The Labute approximate surface area is 107 Å². The number of likely N-dealkylation sites (N-methyl/N-ethyl adjacent to an activating group) is 2. The highest BCUT2D eigenvalue weighted by Gasteiger charge is 2.27. The summed E-state index contributed by atoms with van der Waals surface area (Å²) < 4.78 is 0. The van der Waals surface area contributed by atoms with Crippen LogP contribution in [0, 0.1) is 5.92 Å². The van der Waals surface area contributed by atoms with E-state index in [2.05, 4.69) is 20.4 Å². The Morgan fingerprint density at radius 1 is 1.39 bits per heavy atom. The lowest BCUT2D eigenvalue weighted by molar-refractivity contribution is -0.120. The monoisotopic (exact) mass is 246 g/mol. The number of hydrogen-bond donors (Lipinski definition) is 1. The average Bonchev–Trinajstić information content (AvgIpc) is 2.40. The first-order valence-corrected chi connectivity index (χ1v) is 6.09. The van der Waals surface area contributed by atoms with E-state index in [1.807, 2.05) is 38.4 Å². The summed E-state index contributed by atoms with van der Waals surface area (Å²) >= 11 is 0. The molecule has 0 bridgehead atoms.